The van der Waals surface area contributed by atoms with E-state index in [2.05, 4.69) is 4.98 Å². The molecule has 0 amide bonds. The fraction of sp³-hybridized carbons (Fsp3) is 0.273. The van der Waals surface area contributed by atoms with Gasteiger partial charge >= 0.3 is 0 Å². The lowest BCUT2D eigenvalue weighted by Crippen LogP contribution is -1.96. The molecule has 0 atom stereocenters. The van der Waals surface area contributed by atoms with Gasteiger partial charge in [-0.15, -0.1) is 0 Å². The second kappa shape index (κ2) is 3.50. The van der Waals surface area contributed by atoms with Crippen molar-refractivity contribution in [3.05, 3.63) is 35.0 Å². The van der Waals surface area contributed by atoms with E-state index in [0.717, 1.165) is 0 Å². The molecule has 0 aliphatic rings. The summed E-state index contributed by atoms with van der Waals surface area (Å²) in [5.74, 6) is -6.34. The van der Waals surface area contributed by atoms with Gasteiger partial charge in [0, 0.05) is 11.1 Å². The summed E-state index contributed by atoms with van der Waals surface area (Å²) < 4.78 is 52.5. The summed E-state index contributed by atoms with van der Waals surface area (Å²) in [5.41, 5.74) is 0.193. The number of benzene rings is 1. The molecule has 1 aromatic heterocycles. The van der Waals surface area contributed by atoms with Gasteiger partial charge in [0.15, 0.2) is 23.3 Å². The highest BCUT2D eigenvalue weighted by molar-refractivity contribution is 5.82. The predicted octanol–water partition coefficient (Wildman–Crippen LogP) is 3.85. The first-order valence-corrected chi connectivity index (χ1v) is 4.78. The standard InChI is InChI=1S/C11H9F4N/c1-4(2)6-3-5-7(12)8(13)9(14)10(15)11(5)16-6/h3-4,16H,1-2H3. The van der Waals surface area contributed by atoms with Crippen molar-refractivity contribution < 1.29 is 17.6 Å². The van der Waals surface area contributed by atoms with Crippen LogP contribution in [0.4, 0.5) is 17.6 Å². The number of aromatic amines is 1. The third-order valence-corrected chi connectivity index (χ3v) is 2.49. The minimum atomic E-state index is -1.79. The Labute approximate surface area is 89.1 Å². The second-order valence-electron chi connectivity index (χ2n) is 3.92. The van der Waals surface area contributed by atoms with E-state index in [9.17, 15) is 17.6 Å². The van der Waals surface area contributed by atoms with Crippen LogP contribution in [-0.2, 0) is 0 Å². The number of nitrogens with one attached hydrogen (secondary N) is 1. The van der Waals surface area contributed by atoms with Crippen molar-refractivity contribution in [1.29, 1.82) is 0 Å². The van der Waals surface area contributed by atoms with Gasteiger partial charge in [0.2, 0.25) is 0 Å². The highest BCUT2D eigenvalue weighted by atomic mass is 19.2. The Bertz CT molecular complexity index is 512. The van der Waals surface area contributed by atoms with Gasteiger partial charge in [-0.2, -0.15) is 0 Å². The number of halogens is 4. The largest absolute Gasteiger partial charge is 0.356 e. The average molecular weight is 231 g/mol. The van der Waals surface area contributed by atoms with Crippen molar-refractivity contribution in [2.24, 2.45) is 0 Å². The summed E-state index contributed by atoms with van der Waals surface area (Å²) in [6.07, 6.45) is 0. The molecule has 1 heterocycles. The highest BCUT2D eigenvalue weighted by Crippen LogP contribution is 2.29. The molecule has 0 bridgehead atoms. The Morgan fingerprint density at radius 2 is 1.50 bits per heavy atom. The summed E-state index contributed by atoms with van der Waals surface area (Å²) >= 11 is 0. The van der Waals surface area contributed by atoms with Gasteiger partial charge in [0.05, 0.1) is 5.52 Å². The minimum absolute atomic E-state index is 0.0164. The van der Waals surface area contributed by atoms with Crippen LogP contribution in [0.25, 0.3) is 10.9 Å². The topological polar surface area (TPSA) is 15.8 Å². The smallest absolute Gasteiger partial charge is 0.199 e. The number of fused-ring (bicyclic) bond motifs is 1. The molecule has 0 fully saturated rings. The van der Waals surface area contributed by atoms with Crippen LogP contribution >= 0.6 is 0 Å². The Balaban J connectivity index is 2.86. The maximum absolute atomic E-state index is 13.3. The van der Waals surface area contributed by atoms with Crippen molar-refractivity contribution in [1.82, 2.24) is 4.98 Å². The van der Waals surface area contributed by atoms with Crippen LogP contribution < -0.4 is 0 Å². The molecule has 1 N–H and O–H groups in total. The summed E-state index contributed by atoms with van der Waals surface area (Å²) in [4.78, 5) is 2.55. The summed E-state index contributed by atoms with van der Waals surface area (Å²) in [6, 6.07) is 1.29. The van der Waals surface area contributed by atoms with Crippen LogP contribution in [0.1, 0.15) is 25.5 Å². The lowest BCUT2D eigenvalue weighted by molar-refractivity contribution is 0.417. The number of hydrogen-bond acceptors (Lipinski definition) is 0. The van der Waals surface area contributed by atoms with Crippen LogP contribution in [-0.4, -0.2) is 4.98 Å². The molecule has 0 radical (unpaired) electrons. The SMILES string of the molecule is CC(C)c1cc2c(F)c(F)c(F)c(F)c2[nH]1. The van der Waals surface area contributed by atoms with Gasteiger partial charge in [0.1, 0.15) is 0 Å². The molecule has 2 rings (SSSR count). The van der Waals surface area contributed by atoms with Gasteiger partial charge < -0.3 is 4.98 Å². The molecule has 16 heavy (non-hydrogen) atoms. The molecule has 0 saturated heterocycles. The minimum Gasteiger partial charge on any atom is -0.356 e. The van der Waals surface area contributed by atoms with Crippen molar-refractivity contribution in [2.75, 3.05) is 0 Å². The van der Waals surface area contributed by atoms with Gasteiger partial charge in [-0.3, -0.25) is 0 Å². The van der Waals surface area contributed by atoms with Crippen LogP contribution in [0.3, 0.4) is 0 Å². The second-order valence-corrected chi connectivity index (χ2v) is 3.92. The molecule has 2 aromatic rings. The normalized spacial score (nSPS) is 11.7. The average Bonchev–Trinajstić information content (AvgIpc) is 2.68. The Morgan fingerprint density at radius 3 is 2.06 bits per heavy atom. The van der Waals surface area contributed by atoms with Crippen LogP contribution in [0.2, 0.25) is 0 Å². The van der Waals surface area contributed by atoms with Crippen molar-refractivity contribution >= 4 is 10.9 Å². The molecule has 0 spiro atoms. The highest BCUT2D eigenvalue weighted by Gasteiger charge is 2.22. The first-order chi connectivity index (χ1) is 7.43. The fourth-order valence-electron chi connectivity index (χ4n) is 1.55. The Morgan fingerprint density at radius 1 is 0.938 bits per heavy atom. The zero-order valence-electron chi connectivity index (χ0n) is 8.67. The Hall–Kier alpha value is -1.52. The van der Waals surface area contributed by atoms with E-state index in [4.69, 9.17) is 0 Å². The van der Waals surface area contributed by atoms with Crippen LogP contribution in [0.5, 0.6) is 0 Å². The zero-order chi connectivity index (χ0) is 12.0. The van der Waals surface area contributed by atoms with Crippen LogP contribution in [0.15, 0.2) is 6.07 Å². The number of H-pyrrole nitrogens is 1. The van der Waals surface area contributed by atoms with E-state index in [1.807, 2.05) is 0 Å². The van der Waals surface area contributed by atoms with E-state index < -0.39 is 23.3 Å². The van der Waals surface area contributed by atoms with E-state index in [1.165, 1.54) is 6.07 Å². The maximum atomic E-state index is 13.3. The number of hydrogen-bond donors (Lipinski definition) is 1. The predicted molar refractivity (Wildman–Crippen MR) is 52.2 cm³/mol. The third kappa shape index (κ3) is 1.38. The summed E-state index contributed by atoms with van der Waals surface area (Å²) in [7, 11) is 0. The van der Waals surface area contributed by atoms with Crippen molar-refractivity contribution in [3.63, 3.8) is 0 Å². The summed E-state index contributed by atoms with van der Waals surface area (Å²) in [6.45, 7) is 3.60. The fourth-order valence-corrected chi connectivity index (χ4v) is 1.55. The summed E-state index contributed by atoms with van der Waals surface area (Å²) in [5, 5.41) is -0.264. The first kappa shape index (κ1) is 11.0. The zero-order valence-corrected chi connectivity index (χ0v) is 8.67. The third-order valence-electron chi connectivity index (χ3n) is 2.49. The monoisotopic (exact) mass is 231 g/mol. The molecule has 0 saturated carbocycles. The van der Waals surface area contributed by atoms with Gasteiger partial charge in [-0.25, -0.2) is 17.6 Å². The molecule has 0 aliphatic carbocycles. The lowest BCUT2D eigenvalue weighted by atomic mass is 10.1. The molecular weight excluding hydrogens is 222 g/mol. The van der Waals surface area contributed by atoms with Gasteiger partial charge in [-0.05, 0) is 12.0 Å². The van der Waals surface area contributed by atoms with Crippen LogP contribution in [0, 0.1) is 23.3 Å². The molecule has 5 heteroatoms. The van der Waals surface area contributed by atoms with Crippen molar-refractivity contribution in [3.8, 4) is 0 Å². The van der Waals surface area contributed by atoms with E-state index >= 15 is 0 Å². The molecular formula is C11H9F4N. The lowest BCUT2D eigenvalue weighted by Gasteiger charge is -1.99. The molecule has 0 unspecified atom stereocenters. The van der Waals surface area contributed by atoms with E-state index in [0.29, 0.717) is 5.69 Å². The number of rotatable bonds is 1. The van der Waals surface area contributed by atoms with E-state index in [-0.39, 0.29) is 16.8 Å². The van der Waals surface area contributed by atoms with Gasteiger partial charge in [-0.1, -0.05) is 13.8 Å². The quantitative estimate of drug-likeness (QED) is 0.436. The molecule has 1 nitrogen and oxygen atoms in total. The first-order valence-electron chi connectivity index (χ1n) is 4.78. The van der Waals surface area contributed by atoms with Crippen molar-refractivity contribution in [2.45, 2.75) is 19.8 Å². The molecule has 86 valence electrons. The maximum Gasteiger partial charge on any atom is 0.199 e. The number of aromatic nitrogens is 1. The molecule has 0 aliphatic heterocycles. The van der Waals surface area contributed by atoms with E-state index in [1.54, 1.807) is 13.8 Å². The van der Waals surface area contributed by atoms with Gasteiger partial charge in [0.25, 0.3) is 0 Å². The Kier molecular flexibility index (Phi) is 2.40. The molecule has 1 aromatic carbocycles.